The molecule has 82 valence electrons. The molecule has 1 unspecified atom stereocenters. The van der Waals surface area contributed by atoms with Gasteiger partial charge < -0.3 is 5.11 Å². The number of nitrogens with zero attached hydrogens (tertiary/aromatic N) is 3. The summed E-state index contributed by atoms with van der Waals surface area (Å²) in [7, 11) is 0. The minimum atomic E-state index is -0.965. The van der Waals surface area contributed by atoms with E-state index in [2.05, 4.69) is 10.0 Å². The SMILES string of the molecule is [N-]=[N+]=NC(c1ccccc1)C1(O)CC=CC1. The van der Waals surface area contributed by atoms with E-state index in [9.17, 15) is 5.11 Å². The maximum Gasteiger partial charge on any atom is 0.0919 e. The lowest BCUT2D eigenvalue weighted by Crippen LogP contribution is -2.32. The molecule has 0 bridgehead atoms. The van der Waals surface area contributed by atoms with Crippen LogP contribution in [0.15, 0.2) is 47.6 Å². The largest absolute Gasteiger partial charge is 0.388 e. The van der Waals surface area contributed by atoms with Gasteiger partial charge >= 0.3 is 0 Å². The molecule has 0 saturated heterocycles. The molecule has 4 heteroatoms. The first-order valence-electron chi connectivity index (χ1n) is 5.23. The van der Waals surface area contributed by atoms with Gasteiger partial charge in [-0.2, -0.15) is 0 Å². The van der Waals surface area contributed by atoms with Crippen molar-refractivity contribution in [3.63, 3.8) is 0 Å². The third kappa shape index (κ3) is 1.94. The summed E-state index contributed by atoms with van der Waals surface area (Å²) in [6.07, 6.45) is 4.91. The van der Waals surface area contributed by atoms with E-state index in [0.29, 0.717) is 12.8 Å². The van der Waals surface area contributed by atoms with Gasteiger partial charge in [0.25, 0.3) is 0 Å². The predicted octanol–water partition coefficient (Wildman–Crippen LogP) is 3.12. The Morgan fingerprint density at radius 3 is 2.44 bits per heavy atom. The lowest BCUT2D eigenvalue weighted by Gasteiger charge is -2.29. The lowest BCUT2D eigenvalue weighted by molar-refractivity contribution is 0.0264. The lowest BCUT2D eigenvalue weighted by atomic mass is 9.87. The number of azide groups is 1. The van der Waals surface area contributed by atoms with Gasteiger partial charge in [0.1, 0.15) is 0 Å². The van der Waals surface area contributed by atoms with Crippen LogP contribution in [0, 0.1) is 0 Å². The number of hydrogen-bond acceptors (Lipinski definition) is 2. The second kappa shape index (κ2) is 4.39. The van der Waals surface area contributed by atoms with E-state index in [1.54, 1.807) is 0 Å². The molecule has 1 aromatic rings. The summed E-state index contributed by atoms with van der Waals surface area (Å²) in [6.45, 7) is 0. The molecule has 1 aliphatic carbocycles. The van der Waals surface area contributed by atoms with E-state index in [1.807, 2.05) is 42.5 Å². The van der Waals surface area contributed by atoms with Gasteiger partial charge in [0.2, 0.25) is 0 Å². The van der Waals surface area contributed by atoms with E-state index in [1.165, 1.54) is 0 Å². The van der Waals surface area contributed by atoms with Crippen molar-refractivity contribution in [3.8, 4) is 0 Å². The summed E-state index contributed by atoms with van der Waals surface area (Å²) in [5.74, 6) is 0. The molecule has 0 aromatic heterocycles. The average molecular weight is 215 g/mol. The standard InChI is InChI=1S/C12H13N3O/c13-15-14-11(10-6-2-1-3-7-10)12(16)8-4-5-9-12/h1-7,11,16H,8-9H2. The van der Waals surface area contributed by atoms with Gasteiger partial charge in [0, 0.05) is 4.91 Å². The smallest absolute Gasteiger partial charge is 0.0919 e. The molecule has 1 aliphatic rings. The predicted molar refractivity (Wildman–Crippen MR) is 61.7 cm³/mol. The van der Waals surface area contributed by atoms with Crippen LogP contribution in [0.1, 0.15) is 24.4 Å². The first-order chi connectivity index (χ1) is 7.76. The van der Waals surface area contributed by atoms with Crippen LogP contribution in [-0.2, 0) is 0 Å². The molecule has 2 rings (SSSR count). The van der Waals surface area contributed by atoms with Gasteiger partial charge in [-0.05, 0) is 23.9 Å². The number of rotatable bonds is 3. The van der Waals surface area contributed by atoms with Gasteiger partial charge in [0.15, 0.2) is 0 Å². The van der Waals surface area contributed by atoms with Crippen LogP contribution in [0.3, 0.4) is 0 Å². The third-order valence-corrected chi connectivity index (χ3v) is 2.90. The Balaban J connectivity index is 2.35. The van der Waals surface area contributed by atoms with E-state index < -0.39 is 11.6 Å². The van der Waals surface area contributed by atoms with Crippen molar-refractivity contribution in [3.05, 3.63) is 58.5 Å². The first kappa shape index (κ1) is 10.7. The van der Waals surface area contributed by atoms with Gasteiger partial charge in [0.05, 0.1) is 11.6 Å². The fourth-order valence-electron chi connectivity index (χ4n) is 2.05. The molecular weight excluding hydrogens is 202 g/mol. The van der Waals surface area contributed by atoms with Gasteiger partial charge in [-0.15, -0.1) is 0 Å². The summed E-state index contributed by atoms with van der Waals surface area (Å²) in [4.78, 5) is 2.84. The quantitative estimate of drug-likeness (QED) is 0.358. The summed E-state index contributed by atoms with van der Waals surface area (Å²) in [5.41, 5.74) is 8.49. The maximum absolute atomic E-state index is 10.4. The van der Waals surface area contributed by atoms with Crippen LogP contribution < -0.4 is 0 Å². The average Bonchev–Trinajstić information content (AvgIpc) is 2.75. The topological polar surface area (TPSA) is 69.0 Å². The fourth-order valence-corrected chi connectivity index (χ4v) is 2.05. The number of benzene rings is 1. The summed E-state index contributed by atoms with van der Waals surface area (Å²) in [5, 5.41) is 14.1. The second-order valence-corrected chi connectivity index (χ2v) is 4.00. The number of aliphatic hydroxyl groups is 1. The van der Waals surface area contributed by atoms with Crippen LogP contribution in [0.5, 0.6) is 0 Å². The zero-order valence-corrected chi connectivity index (χ0v) is 8.82. The maximum atomic E-state index is 10.4. The zero-order valence-electron chi connectivity index (χ0n) is 8.82. The summed E-state index contributed by atoms with van der Waals surface area (Å²) in [6, 6.07) is 8.87. The van der Waals surface area contributed by atoms with Crippen molar-refractivity contribution in [1.82, 2.24) is 0 Å². The van der Waals surface area contributed by atoms with Crippen molar-refractivity contribution in [2.75, 3.05) is 0 Å². The highest BCUT2D eigenvalue weighted by molar-refractivity contribution is 5.25. The minimum absolute atomic E-state index is 0.520. The Bertz CT molecular complexity index is 427. The highest BCUT2D eigenvalue weighted by Gasteiger charge is 2.37. The van der Waals surface area contributed by atoms with Crippen LogP contribution in [0.2, 0.25) is 0 Å². The van der Waals surface area contributed by atoms with Gasteiger partial charge in [-0.25, -0.2) is 0 Å². The molecule has 0 radical (unpaired) electrons. The Hall–Kier alpha value is -1.77. The van der Waals surface area contributed by atoms with E-state index in [4.69, 9.17) is 5.53 Å². The van der Waals surface area contributed by atoms with E-state index in [0.717, 1.165) is 5.56 Å². The first-order valence-corrected chi connectivity index (χ1v) is 5.23. The molecule has 4 nitrogen and oxygen atoms in total. The van der Waals surface area contributed by atoms with Crippen LogP contribution in [0.25, 0.3) is 10.4 Å². The van der Waals surface area contributed by atoms with Crippen LogP contribution >= 0.6 is 0 Å². The monoisotopic (exact) mass is 215 g/mol. The van der Waals surface area contributed by atoms with Crippen molar-refractivity contribution in [2.24, 2.45) is 5.11 Å². The molecule has 0 fully saturated rings. The van der Waals surface area contributed by atoms with Crippen molar-refractivity contribution in [2.45, 2.75) is 24.5 Å². The van der Waals surface area contributed by atoms with Gasteiger partial charge in [-0.3, -0.25) is 0 Å². The number of hydrogen-bond donors (Lipinski definition) is 1. The third-order valence-electron chi connectivity index (χ3n) is 2.90. The molecule has 0 heterocycles. The molecule has 1 N–H and O–H groups in total. The van der Waals surface area contributed by atoms with Crippen molar-refractivity contribution in [1.29, 1.82) is 0 Å². The van der Waals surface area contributed by atoms with Gasteiger partial charge in [-0.1, -0.05) is 47.6 Å². The Kier molecular flexibility index (Phi) is 2.95. The molecule has 1 aromatic carbocycles. The van der Waals surface area contributed by atoms with Crippen molar-refractivity contribution >= 4 is 0 Å². The van der Waals surface area contributed by atoms with Crippen LogP contribution in [-0.4, -0.2) is 10.7 Å². The molecule has 16 heavy (non-hydrogen) atoms. The zero-order chi connectivity index (χ0) is 11.4. The Labute approximate surface area is 93.9 Å². The second-order valence-electron chi connectivity index (χ2n) is 4.00. The molecule has 0 spiro atoms. The molecule has 0 aliphatic heterocycles. The molecule has 1 atom stereocenters. The minimum Gasteiger partial charge on any atom is -0.388 e. The summed E-state index contributed by atoms with van der Waals surface area (Å²) >= 11 is 0. The molecule has 0 amide bonds. The molecular formula is C12H13N3O. The van der Waals surface area contributed by atoms with E-state index >= 15 is 0 Å². The Morgan fingerprint density at radius 2 is 1.88 bits per heavy atom. The van der Waals surface area contributed by atoms with Crippen LogP contribution in [0.4, 0.5) is 0 Å². The van der Waals surface area contributed by atoms with Crippen molar-refractivity contribution < 1.29 is 5.11 Å². The Morgan fingerprint density at radius 1 is 1.25 bits per heavy atom. The van der Waals surface area contributed by atoms with E-state index in [-0.39, 0.29) is 0 Å². The highest BCUT2D eigenvalue weighted by Crippen LogP contribution is 2.38. The highest BCUT2D eigenvalue weighted by atomic mass is 16.3. The molecule has 0 saturated carbocycles. The fraction of sp³-hybridized carbons (Fsp3) is 0.333. The summed E-state index contributed by atoms with van der Waals surface area (Å²) < 4.78 is 0. The normalized spacial score (nSPS) is 19.1.